The van der Waals surface area contributed by atoms with E-state index >= 15 is 0 Å². The van der Waals surface area contributed by atoms with Crippen LogP contribution in [0, 0.1) is 78.4 Å². The van der Waals surface area contributed by atoms with E-state index in [-0.39, 0.29) is 56.9 Å². The number of carbonyl (C=O) groups is 2. The number of hydrogen-bond acceptors (Lipinski definition) is 12. The van der Waals surface area contributed by atoms with E-state index in [0.717, 1.165) is 0 Å². The Morgan fingerprint density at radius 1 is 0.581 bits per heavy atom. The summed E-state index contributed by atoms with van der Waals surface area (Å²) in [4.78, 5) is 27.9. The lowest BCUT2D eigenvalue weighted by Gasteiger charge is -2.23. The molecule has 0 radical (unpaired) electrons. The summed E-state index contributed by atoms with van der Waals surface area (Å²) in [6.45, 7) is 4.67. The molecule has 0 heterocycles. The molecule has 0 bridgehead atoms. The van der Waals surface area contributed by atoms with Crippen molar-refractivity contribution in [1.29, 1.82) is 26.3 Å². The van der Waals surface area contributed by atoms with Crippen molar-refractivity contribution in [2.75, 3.05) is 15.5 Å². The lowest BCUT2D eigenvalue weighted by molar-refractivity contribution is 0.246. The number of aryl methyl sites for hydroxylation is 1. The van der Waals surface area contributed by atoms with Crippen LogP contribution >= 0.6 is 0 Å². The van der Waals surface area contributed by atoms with Gasteiger partial charge >= 0.3 is 12.1 Å². The molecule has 0 spiro atoms. The van der Waals surface area contributed by atoms with Crippen molar-refractivity contribution in [2.24, 2.45) is 0 Å². The summed E-state index contributed by atoms with van der Waals surface area (Å²) in [6, 6.07) is 7.17. The molecule has 0 saturated carbocycles. The van der Waals surface area contributed by atoms with E-state index in [1.165, 1.54) is 87.6 Å². The molecule has 2 N–H and O–H groups in total. The summed E-state index contributed by atoms with van der Waals surface area (Å²) in [7, 11) is 0. The highest BCUT2D eigenvalue weighted by Gasteiger charge is 2.27. The quantitative estimate of drug-likeness (QED) is 0.329. The summed E-state index contributed by atoms with van der Waals surface area (Å²) in [5.41, 5.74) is 1.02. The van der Waals surface area contributed by atoms with E-state index in [4.69, 9.17) is 50.0 Å². The van der Waals surface area contributed by atoms with Crippen LogP contribution < -0.4 is 39.2 Å². The number of imide groups is 1. The zero-order chi connectivity index (χ0) is 31.5. The number of anilines is 3. The second-order valence-corrected chi connectivity index (χ2v) is 8.31. The van der Waals surface area contributed by atoms with Crippen molar-refractivity contribution in [1.82, 2.24) is 0 Å². The molecule has 3 aromatic rings. The number of carbonyl (C=O) groups excluding carboxylic acids is 2. The van der Waals surface area contributed by atoms with Gasteiger partial charge in [-0.1, -0.05) is 6.07 Å². The number of amides is 4. The maximum Gasteiger partial charge on any atom is 0.334 e. The Balaban J connectivity index is 2.09. The predicted octanol–water partition coefficient (Wildman–Crippen LogP) is 5.18. The first-order valence-corrected chi connectivity index (χ1v) is 11.8. The minimum absolute atomic E-state index is 0.0192. The molecule has 0 fully saturated rings. The summed E-state index contributed by atoms with van der Waals surface area (Å²) in [6.07, 6.45) is 7.52. The van der Waals surface area contributed by atoms with Crippen LogP contribution in [0.3, 0.4) is 0 Å². The third-order valence-corrected chi connectivity index (χ3v) is 5.74. The Labute approximate surface area is 244 Å². The van der Waals surface area contributed by atoms with Crippen LogP contribution in [0.1, 0.15) is 16.7 Å². The largest absolute Gasteiger partial charge is 0.388 e. The fourth-order valence-corrected chi connectivity index (χ4v) is 3.66. The highest BCUT2D eigenvalue weighted by Crippen LogP contribution is 2.35. The van der Waals surface area contributed by atoms with Crippen molar-refractivity contribution in [2.45, 2.75) is 20.8 Å². The van der Waals surface area contributed by atoms with Gasteiger partial charge in [-0.2, -0.15) is 0 Å². The first-order chi connectivity index (χ1) is 20.7. The molecule has 212 valence electrons. The van der Waals surface area contributed by atoms with Crippen molar-refractivity contribution in [3.05, 3.63) is 59.2 Å². The molecular formula is C28H18N8O7. The Hall–Kier alpha value is -7.15. The molecule has 15 nitrogen and oxygen atoms in total. The molecule has 43 heavy (non-hydrogen) atoms. The van der Waals surface area contributed by atoms with Crippen molar-refractivity contribution in [3.63, 3.8) is 0 Å². The van der Waals surface area contributed by atoms with Gasteiger partial charge in [0.2, 0.25) is 0 Å². The van der Waals surface area contributed by atoms with Gasteiger partial charge in [0.15, 0.2) is 23.0 Å². The Bertz CT molecular complexity index is 1630. The third kappa shape index (κ3) is 7.09. The summed E-state index contributed by atoms with van der Waals surface area (Å²) in [5.74, 6) is -0.0692. The number of rotatable bonds is 8. The highest BCUT2D eigenvalue weighted by atomic mass is 16.5. The number of hydrogen-bond donors (Lipinski definition) is 2. The van der Waals surface area contributed by atoms with Crippen LogP contribution in [-0.4, -0.2) is 12.1 Å². The molecule has 4 amide bonds. The summed E-state index contributed by atoms with van der Waals surface area (Å²) in [5, 5.41) is 49.9. The fourth-order valence-electron chi connectivity index (χ4n) is 3.66. The lowest BCUT2D eigenvalue weighted by atomic mass is 10.1. The third-order valence-electron chi connectivity index (χ3n) is 5.74. The molecule has 0 atom stereocenters. The van der Waals surface area contributed by atoms with E-state index in [1.54, 1.807) is 6.92 Å². The lowest BCUT2D eigenvalue weighted by Crippen LogP contribution is -2.43. The Kier molecular flexibility index (Phi) is 9.73. The summed E-state index contributed by atoms with van der Waals surface area (Å²) < 4.78 is 24.5. The molecule has 0 unspecified atom stereocenters. The molecule has 15 heteroatoms. The molecule has 3 rings (SSSR count). The van der Waals surface area contributed by atoms with Crippen LogP contribution in [0.5, 0.6) is 28.7 Å². The zero-order valence-electron chi connectivity index (χ0n) is 22.6. The SMILES string of the molecule is Cc1ccc(N(C(=O)Nc2cc(OC#N)c(C)c(OC#N)c2)C(=O)Nc2cc(OC#N)c(C)c(OC#N)c2)cc1OC#N. The highest BCUT2D eigenvalue weighted by molar-refractivity contribution is 6.21. The van der Waals surface area contributed by atoms with Gasteiger partial charge in [0.05, 0.1) is 5.69 Å². The average Bonchev–Trinajstić information content (AvgIpc) is 2.96. The Morgan fingerprint density at radius 2 is 0.930 bits per heavy atom. The second kappa shape index (κ2) is 13.8. The van der Waals surface area contributed by atoms with E-state index < -0.39 is 12.1 Å². The van der Waals surface area contributed by atoms with E-state index in [2.05, 4.69) is 10.6 Å². The number of nitrogens with zero attached hydrogens (tertiary/aromatic N) is 6. The zero-order valence-corrected chi connectivity index (χ0v) is 22.6. The first-order valence-electron chi connectivity index (χ1n) is 11.8. The van der Waals surface area contributed by atoms with E-state index in [9.17, 15) is 9.59 Å². The van der Waals surface area contributed by atoms with Gasteiger partial charge in [-0.3, -0.25) is 0 Å². The maximum atomic E-state index is 13.6. The van der Waals surface area contributed by atoms with Crippen molar-refractivity contribution in [3.8, 4) is 60.0 Å². The number of ether oxygens (including phenoxy) is 5. The monoisotopic (exact) mass is 578 g/mol. The van der Waals surface area contributed by atoms with E-state index in [0.29, 0.717) is 10.5 Å². The van der Waals surface area contributed by atoms with Crippen LogP contribution in [0.15, 0.2) is 42.5 Å². The second-order valence-electron chi connectivity index (χ2n) is 8.31. The van der Waals surface area contributed by atoms with Crippen LogP contribution in [0.4, 0.5) is 26.7 Å². The molecule has 0 aromatic heterocycles. The molecular weight excluding hydrogens is 560 g/mol. The van der Waals surface area contributed by atoms with Gasteiger partial charge in [0.1, 0.15) is 5.75 Å². The number of urea groups is 2. The average molecular weight is 579 g/mol. The van der Waals surface area contributed by atoms with Crippen LogP contribution in [0.25, 0.3) is 0 Å². The van der Waals surface area contributed by atoms with Crippen molar-refractivity contribution < 1.29 is 33.3 Å². The number of benzene rings is 3. The molecule has 3 aromatic carbocycles. The Morgan fingerprint density at radius 3 is 1.28 bits per heavy atom. The maximum absolute atomic E-state index is 13.6. The molecule has 0 aliphatic carbocycles. The van der Waals surface area contributed by atoms with Gasteiger partial charge < -0.3 is 34.3 Å². The number of nitriles is 5. The standard InChI is InChI=1S/C28H18N8O7/c1-16-4-5-21(10-22(16)39-11-29)36(27(37)34-19-6-23(40-12-30)17(2)24(7-19)41-13-31)28(38)35-20-8-25(42-14-32)18(3)26(9-20)43-15-33/h4-10H,1-3H3,(H,34,37)(H,35,38). The van der Waals surface area contributed by atoms with E-state index in [1.807, 2.05) is 0 Å². The fraction of sp³-hybridized carbons (Fsp3) is 0.107. The normalized spacial score (nSPS) is 9.35. The molecule has 0 aliphatic rings. The topological polar surface area (TPSA) is 227 Å². The minimum atomic E-state index is -1.05. The van der Waals surface area contributed by atoms with Crippen LogP contribution in [0.2, 0.25) is 0 Å². The minimum Gasteiger partial charge on any atom is -0.388 e. The smallest absolute Gasteiger partial charge is 0.334 e. The van der Waals surface area contributed by atoms with Gasteiger partial charge in [-0.15, -0.1) is 26.3 Å². The number of nitrogens with one attached hydrogen (secondary N) is 2. The molecule has 0 saturated heterocycles. The van der Waals surface area contributed by atoms with Gasteiger partial charge in [-0.25, -0.2) is 14.5 Å². The van der Waals surface area contributed by atoms with Gasteiger partial charge in [0, 0.05) is 52.8 Å². The van der Waals surface area contributed by atoms with Crippen molar-refractivity contribution >= 4 is 29.1 Å². The van der Waals surface area contributed by atoms with Gasteiger partial charge in [0.25, 0.3) is 31.3 Å². The van der Waals surface area contributed by atoms with Crippen LogP contribution in [-0.2, 0) is 0 Å². The van der Waals surface area contributed by atoms with Gasteiger partial charge in [-0.05, 0) is 32.4 Å². The first kappa shape index (κ1) is 30.4. The summed E-state index contributed by atoms with van der Waals surface area (Å²) >= 11 is 0. The predicted molar refractivity (Wildman–Crippen MR) is 145 cm³/mol. The molecule has 0 aliphatic heterocycles.